The van der Waals surface area contributed by atoms with Crippen molar-refractivity contribution in [2.45, 2.75) is 38.3 Å². The minimum Gasteiger partial charge on any atom is -0.379 e. The maximum absolute atomic E-state index is 5.43. The van der Waals surface area contributed by atoms with Crippen molar-refractivity contribution in [1.82, 2.24) is 15.1 Å². The molecule has 0 aromatic carbocycles. The molecule has 0 saturated heterocycles. The highest BCUT2D eigenvalue weighted by atomic mass is 16.5. The summed E-state index contributed by atoms with van der Waals surface area (Å²) < 4.78 is 7.26. The first-order valence-electron chi connectivity index (χ1n) is 5.69. The lowest BCUT2D eigenvalue weighted by molar-refractivity contribution is 0.0118. The van der Waals surface area contributed by atoms with Gasteiger partial charge in [-0.3, -0.25) is 4.68 Å². The molecule has 1 atom stereocenters. The van der Waals surface area contributed by atoms with Crippen LogP contribution in [-0.4, -0.2) is 29.5 Å². The molecule has 0 aliphatic rings. The van der Waals surface area contributed by atoms with Crippen LogP contribution in [0.15, 0.2) is 12.4 Å². The van der Waals surface area contributed by atoms with Crippen molar-refractivity contribution in [3.8, 4) is 0 Å². The number of hydrogen-bond acceptors (Lipinski definition) is 3. The van der Waals surface area contributed by atoms with Gasteiger partial charge in [-0.1, -0.05) is 0 Å². The van der Waals surface area contributed by atoms with Gasteiger partial charge in [-0.15, -0.1) is 0 Å². The Balaban J connectivity index is 2.56. The maximum Gasteiger partial charge on any atom is 0.0623 e. The van der Waals surface area contributed by atoms with Gasteiger partial charge in [0.1, 0.15) is 0 Å². The van der Waals surface area contributed by atoms with Crippen LogP contribution >= 0.6 is 0 Å². The summed E-state index contributed by atoms with van der Waals surface area (Å²) in [4.78, 5) is 0. The smallest absolute Gasteiger partial charge is 0.0623 e. The van der Waals surface area contributed by atoms with Crippen molar-refractivity contribution in [1.29, 1.82) is 0 Å². The number of ether oxygens (including phenoxy) is 1. The van der Waals surface area contributed by atoms with E-state index in [1.54, 1.807) is 7.11 Å². The molecule has 0 bridgehead atoms. The lowest BCUT2D eigenvalue weighted by atomic mass is 9.96. The second-order valence-electron chi connectivity index (χ2n) is 4.79. The molecular weight excluding hydrogens is 202 g/mol. The van der Waals surface area contributed by atoms with Gasteiger partial charge in [-0.25, -0.2) is 0 Å². The SMILES string of the molecule is CNC(CCC(C)(C)OC)c1cnn(C)c1. The largest absolute Gasteiger partial charge is 0.379 e. The predicted octanol–water partition coefficient (Wildman–Crippen LogP) is 1.89. The first-order chi connectivity index (χ1) is 7.48. The molecule has 16 heavy (non-hydrogen) atoms. The third kappa shape index (κ3) is 3.61. The Bertz CT molecular complexity index is 320. The molecule has 0 spiro atoms. The van der Waals surface area contributed by atoms with E-state index in [1.807, 2.05) is 25.0 Å². The highest BCUT2D eigenvalue weighted by Crippen LogP contribution is 2.23. The zero-order valence-electron chi connectivity index (χ0n) is 10.9. The van der Waals surface area contributed by atoms with E-state index >= 15 is 0 Å². The lowest BCUT2D eigenvalue weighted by Gasteiger charge is -2.25. The van der Waals surface area contributed by atoms with Gasteiger partial charge in [-0.05, 0) is 33.7 Å². The summed E-state index contributed by atoms with van der Waals surface area (Å²) in [7, 11) is 5.69. The Morgan fingerprint density at radius 2 is 2.25 bits per heavy atom. The summed E-state index contributed by atoms with van der Waals surface area (Å²) in [6, 6.07) is 0.350. The molecule has 1 heterocycles. The highest BCUT2D eigenvalue weighted by molar-refractivity contribution is 5.10. The monoisotopic (exact) mass is 225 g/mol. The van der Waals surface area contributed by atoms with Crippen molar-refractivity contribution in [3.05, 3.63) is 18.0 Å². The fraction of sp³-hybridized carbons (Fsp3) is 0.750. The topological polar surface area (TPSA) is 39.1 Å². The van der Waals surface area contributed by atoms with Gasteiger partial charge >= 0.3 is 0 Å². The molecule has 1 rings (SSSR count). The third-order valence-corrected chi connectivity index (χ3v) is 3.06. The van der Waals surface area contributed by atoms with Crippen molar-refractivity contribution in [2.24, 2.45) is 7.05 Å². The Morgan fingerprint density at radius 1 is 1.56 bits per heavy atom. The van der Waals surface area contributed by atoms with Crippen LogP contribution in [0, 0.1) is 0 Å². The first kappa shape index (κ1) is 13.2. The van der Waals surface area contributed by atoms with Crippen LogP contribution in [0.2, 0.25) is 0 Å². The van der Waals surface area contributed by atoms with Crippen molar-refractivity contribution in [3.63, 3.8) is 0 Å². The molecule has 0 radical (unpaired) electrons. The minimum absolute atomic E-state index is 0.0582. The number of nitrogens with zero attached hydrogens (tertiary/aromatic N) is 2. The molecular formula is C12H23N3O. The summed E-state index contributed by atoms with van der Waals surface area (Å²) in [5.74, 6) is 0. The van der Waals surface area contributed by atoms with Crippen LogP contribution in [0.5, 0.6) is 0 Å². The van der Waals surface area contributed by atoms with E-state index in [2.05, 4.69) is 30.5 Å². The van der Waals surface area contributed by atoms with E-state index in [4.69, 9.17) is 4.74 Å². The van der Waals surface area contributed by atoms with Crippen molar-refractivity contribution < 1.29 is 4.74 Å². The van der Waals surface area contributed by atoms with Crippen LogP contribution in [-0.2, 0) is 11.8 Å². The molecule has 0 aliphatic heterocycles. The van der Waals surface area contributed by atoms with E-state index in [0.717, 1.165) is 12.8 Å². The second kappa shape index (κ2) is 5.46. The number of rotatable bonds is 6. The molecule has 92 valence electrons. The second-order valence-corrected chi connectivity index (χ2v) is 4.79. The number of nitrogens with one attached hydrogen (secondary N) is 1. The Hall–Kier alpha value is -0.870. The normalized spacial score (nSPS) is 14.1. The fourth-order valence-corrected chi connectivity index (χ4v) is 1.69. The molecule has 4 nitrogen and oxygen atoms in total. The van der Waals surface area contributed by atoms with Gasteiger partial charge in [0.05, 0.1) is 11.8 Å². The highest BCUT2D eigenvalue weighted by Gasteiger charge is 2.19. The summed E-state index contributed by atoms with van der Waals surface area (Å²) in [6.45, 7) is 4.23. The van der Waals surface area contributed by atoms with E-state index in [9.17, 15) is 0 Å². The minimum atomic E-state index is -0.0582. The first-order valence-corrected chi connectivity index (χ1v) is 5.69. The van der Waals surface area contributed by atoms with Gasteiger partial charge in [-0.2, -0.15) is 5.10 Å². The molecule has 1 aromatic heterocycles. The molecule has 0 fully saturated rings. The van der Waals surface area contributed by atoms with Gasteiger partial charge in [0, 0.05) is 32.0 Å². The third-order valence-electron chi connectivity index (χ3n) is 3.06. The Labute approximate surface area is 98.0 Å². The molecule has 4 heteroatoms. The Morgan fingerprint density at radius 3 is 2.69 bits per heavy atom. The van der Waals surface area contributed by atoms with Gasteiger partial charge in [0.25, 0.3) is 0 Å². The van der Waals surface area contributed by atoms with E-state index in [0.29, 0.717) is 6.04 Å². The standard InChI is InChI=1S/C12H23N3O/c1-12(2,16-5)7-6-11(13-3)10-8-14-15(4)9-10/h8-9,11,13H,6-7H2,1-5H3. The lowest BCUT2D eigenvalue weighted by Crippen LogP contribution is -2.25. The molecule has 1 N–H and O–H groups in total. The quantitative estimate of drug-likeness (QED) is 0.803. The van der Waals surface area contributed by atoms with E-state index in [1.165, 1.54) is 5.56 Å². The zero-order chi connectivity index (χ0) is 12.2. The fourth-order valence-electron chi connectivity index (χ4n) is 1.69. The molecule has 0 aliphatic carbocycles. The number of aryl methyl sites for hydroxylation is 1. The number of aromatic nitrogens is 2. The zero-order valence-corrected chi connectivity index (χ0v) is 10.9. The van der Waals surface area contributed by atoms with Crippen LogP contribution in [0.1, 0.15) is 38.3 Å². The predicted molar refractivity (Wildman–Crippen MR) is 65.3 cm³/mol. The van der Waals surface area contributed by atoms with Crippen molar-refractivity contribution >= 4 is 0 Å². The average molecular weight is 225 g/mol. The van der Waals surface area contributed by atoms with Crippen LogP contribution in [0.3, 0.4) is 0 Å². The van der Waals surface area contributed by atoms with Crippen molar-refractivity contribution in [2.75, 3.05) is 14.2 Å². The van der Waals surface area contributed by atoms with Gasteiger partial charge in [0.15, 0.2) is 0 Å². The summed E-state index contributed by atoms with van der Waals surface area (Å²) in [5, 5.41) is 7.51. The average Bonchev–Trinajstić information content (AvgIpc) is 2.66. The van der Waals surface area contributed by atoms with Crippen LogP contribution in [0.25, 0.3) is 0 Å². The summed E-state index contributed by atoms with van der Waals surface area (Å²) in [6.07, 6.45) is 6.04. The molecule has 1 unspecified atom stereocenters. The summed E-state index contributed by atoms with van der Waals surface area (Å²) >= 11 is 0. The molecule has 1 aromatic rings. The molecule has 0 amide bonds. The van der Waals surface area contributed by atoms with Crippen LogP contribution in [0.4, 0.5) is 0 Å². The van der Waals surface area contributed by atoms with E-state index < -0.39 is 0 Å². The van der Waals surface area contributed by atoms with Crippen LogP contribution < -0.4 is 5.32 Å². The van der Waals surface area contributed by atoms with E-state index in [-0.39, 0.29) is 5.60 Å². The number of hydrogen-bond donors (Lipinski definition) is 1. The Kier molecular flexibility index (Phi) is 4.50. The maximum atomic E-state index is 5.43. The van der Waals surface area contributed by atoms with Gasteiger partial charge < -0.3 is 10.1 Å². The number of methoxy groups -OCH3 is 1. The summed E-state index contributed by atoms with van der Waals surface area (Å²) in [5.41, 5.74) is 1.18. The molecule has 0 saturated carbocycles. The van der Waals surface area contributed by atoms with Gasteiger partial charge in [0.2, 0.25) is 0 Å².